The van der Waals surface area contributed by atoms with Gasteiger partial charge in [-0.2, -0.15) is 0 Å². The number of methoxy groups -OCH3 is 1. The van der Waals surface area contributed by atoms with E-state index in [0.717, 1.165) is 29.7 Å². The first-order chi connectivity index (χ1) is 8.23. The number of hydrogen-bond acceptors (Lipinski definition) is 3. The lowest BCUT2D eigenvalue weighted by molar-refractivity contribution is -0.172. The Morgan fingerprint density at radius 2 is 2.00 bits per heavy atom. The first-order valence-corrected chi connectivity index (χ1v) is 6.15. The van der Waals surface area contributed by atoms with Gasteiger partial charge in [-0.3, -0.25) is 0 Å². The van der Waals surface area contributed by atoms with E-state index >= 15 is 0 Å². The Kier molecular flexibility index (Phi) is 3.69. The maximum atomic E-state index is 5.89. The molecule has 0 aromatic heterocycles. The number of benzene rings is 1. The van der Waals surface area contributed by atoms with E-state index in [1.54, 1.807) is 7.11 Å². The Hall–Kier alpha value is -1.06. The highest BCUT2D eigenvalue weighted by Crippen LogP contribution is 2.42. The molecule has 0 spiro atoms. The van der Waals surface area contributed by atoms with Gasteiger partial charge in [0.25, 0.3) is 0 Å². The van der Waals surface area contributed by atoms with Crippen LogP contribution in [-0.2, 0) is 15.3 Å². The van der Waals surface area contributed by atoms with Crippen LogP contribution >= 0.6 is 0 Å². The monoisotopic (exact) mass is 236 g/mol. The summed E-state index contributed by atoms with van der Waals surface area (Å²) in [6.07, 6.45) is 1.87. The van der Waals surface area contributed by atoms with Gasteiger partial charge in [0.15, 0.2) is 5.79 Å². The van der Waals surface area contributed by atoms with Gasteiger partial charge in [0.05, 0.1) is 25.9 Å². The molecule has 0 aliphatic carbocycles. The van der Waals surface area contributed by atoms with Crippen LogP contribution in [0.2, 0.25) is 0 Å². The minimum atomic E-state index is -0.606. The summed E-state index contributed by atoms with van der Waals surface area (Å²) in [6, 6.07) is 6.03. The second-order valence-corrected chi connectivity index (χ2v) is 4.35. The highest BCUT2D eigenvalue weighted by atomic mass is 16.7. The van der Waals surface area contributed by atoms with Crippen molar-refractivity contribution in [1.82, 2.24) is 0 Å². The van der Waals surface area contributed by atoms with Gasteiger partial charge >= 0.3 is 0 Å². The molecule has 0 radical (unpaired) electrons. The zero-order valence-corrected chi connectivity index (χ0v) is 10.8. The number of hydrogen-bond donors (Lipinski definition) is 0. The topological polar surface area (TPSA) is 27.7 Å². The molecule has 0 unspecified atom stereocenters. The SMILES string of the molecule is CCCC1(c2c(C)cccc2OC)OCCO1. The fourth-order valence-corrected chi connectivity index (χ4v) is 2.50. The van der Waals surface area contributed by atoms with Crippen LogP contribution in [0, 0.1) is 6.92 Å². The van der Waals surface area contributed by atoms with E-state index in [2.05, 4.69) is 19.9 Å². The summed E-state index contributed by atoms with van der Waals surface area (Å²) in [5.74, 6) is 0.242. The molecule has 1 heterocycles. The Balaban J connectivity index is 2.48. The highest BCUT2D eigenvalue weighted by Gasteiger charge is 2.41. The van der Waals surface area contributed by atoms with Crippen molar-refractivity contribution >= 4 is 0 Å². The maximum Gasteiger partial charge on any atom is 0.198 e. The summed E-state index contributed by atoms with van der Waals surface area (Å²) in [6.45, 7) is 5.51. The van der Waals surface area contributed by atoms with Gasteiger partial charge in [0.2, 0.25) is 0 Å². The van der Waals surface area contributed by atoms with Crippen LogP contribution in [0.15, 0.2) is 18.2 Å². The summed E-state index contributed by atoms with van der Waals surface area (Å²) in [7, 11) is 1.69. The molecule has 0 amide bonds. The largest absolute Gasteiger partial charge is 0.496 e. The van der Waals surface area contributed by atoms with E-state index < -0.39 is 5.79 Å². The van der Waals surface area contributed by atoms with Gasteiger partial charge in [-0.15, -0.1) is 0 Å². The minimum absolute atomic E-state index is 0.606. The fourth-order valence-electron chi connectivity index (χ4n) is 2.50. The van der Waals surface area contributed by atoms with Crippen molar-refractivity contribution in [2.45, 2.75) is 32.5 Å². The summed E-state index contributed by atoms with van der Waals surface area (Å²) in [4.78, 5) is 0. The van der Waals surface area contributed by atoms with Crippen molar-refractivity contribution in [2.75, 3.05) is 20.3 Å². The number of ether oxygens (including phenoxy) is 3. The molecule has 0 atom stereocenters. The van der Waals surface area contributed by atoms with Crippen molar-refractivity contribution in [3.8, 4) is 5.75 Å². The Bertz CT molecular complexity index is 381. The average molecular weight is 236 g/mol. The van der Waals surface area contributed by atoms with Crippen LogP contribution in [0.25, 0.3) is 0 Å². The van der Waals surface area contributed by atoms with E-state index in [0.29, 0.717) is 13.2 Å². The third-order valence-electron chi connectivity index (χ3n) is 3.17. The average Bonchev–Trinajstić information content (AvgIpc) is 2.78. The first kappa shape index (κ1) is 12.4. The van der Waals surface area contributed by atoms with Crippen LogP contribution < -0.4 is 4.74 Å². The first-order valence-electron chi connectivity index (χ1n) is 6.15. The van der Waals surface area contributed by atoms with Crippen LogP contribution in [0.4, 0.5) is 0 Å². The number of aryl methyl sites for hydroxylation is 1. The molecule has 3 nitrogen and oxygen atoms in total. The molecule has 2 rings (SSSR count). The second kappa shape index (κ2) is 5.07. The van der Waals surface area contributed by atoms with Gasteiger partial charge in [-0.05, 0) is 18.6 Å². The summed E-state index contributed by atoms with van der Waals surface area (Å²) in [5, 5.41) is 0. The smallest absolute Gasteiger partial charge is 0.198 e. The normalized spacial score (nSPS) is 18.3. The Labute approximate surface area is 103 Å². The zero-order valence-electron chi connectivity index (χ0n) is 10.8. The van der Waals surface area contributed by atoms with Crippen molar-refractivity contribution in [3.05, 3.63) is 29.3 Å². The van der Waals surface area contributed by atoms with Gasteiger partial charge in [-0.25, -0.2) is 0 Å². The minimum Gasteiger partial charge on any atom is -0.496 e. The predicted molar refractivity (Wildman–Crippen MR) is 66.2 cm³/mol. The van der Waals surface area contributed by atoms with E-state index in [1.165, 1.54) is 0 Å². The third kappa shape index (κ3) is 2.17. The second-order valence-electron chi connectivity index (χ2n) is 4.35. The van der Waals surface area contributed by atoms with E-state index in [4.69, 9.17) is 14.2 Å². The highest BCUT2D eigenvalue weighted by molar-refractivity contribution is 5.43. The molecular formula is C14H20O3. The summed E-state index contributed by atoms with van der Waals surface area (Å²) >= 11 is 0. The quantitative estimate of drug-likeness (QED) is 0.804. The van der Waals surface area contributed by atoms with Gasteiger partial charge in [0, 0.05) is 6.42 Å². The van der Waals surface area contributed by atoms with E-state index in [-0.39, 0.29) is 0 Å². The van der Waals surface area contributed by atoms with Crippen molar-refractivity contribution in [1.29, 1.82) is 0 Å². The molecule has 1 aromatic rings. The zero-order chi connectivity index (χ0) is 12.3. The molecule has 1 saturated heterocycles. The predicted octanol–water partition coefficient (Wildman–Crippen LogP) is 3.00. The van der Waals surface area contributed by atoms with Crippen molar-refractivity contribution in [3.63, 3.8) is 0 Å². The lowest BCUT2D eigenvalue weighted by Gasteiger charge is -2.30. The Morgan fingerprint density at radius 3 is 2.59 bits per heavy atom. The molecule has 1 aliphatic rings. The fraction of sp³-hybridized carbons (Fsp3) is 0.571. The summed E-state index contributed by atoms with van der Waals surface area (Å²) < 4.78 is 17.2. The van der Waals surface area contributed by atoms with Crippen LogP contribution in [0.3, 0.4) is 0 Å². The van der Waals surface area contributed by atoms with Gasteiger partial charge in [-0.1, -0.05) is 25.5 Å². The van der Waals surface area contributed by atoms with Gasteiger partial charge in [0.1, 0.15) is 5.75 Å². The molecule has 0 bridgehead atoms. The summed E-state index contributed by atoms with van der Waals surface area (Å²) in [5.41, 5.74) is 2.20. The van der Waals surface area contributed by atoms with E-state index in [1.807, 2.05) is 12.1 Å². The molecule has 94 valence electrons. The molecule has 0 N–H and O–H groups in total. The molecule has 1 aromatic carbocycles. The molecule has 0 saturated carbocycles. The number of rotatable bonds is 4. The molecule has 1 fully saturated rings. The molecular weight excluding hydrogens is 216 g/mol. The molecule has 17 heavy (non-hydrogen) atoms. The van der Waals surface area contributed by atoms with Crippen LogP contribution in [0.1, 0.15) is 30.9 Å². The van der Waals surface area contributed by atoms with Crippen molar-refractivity contribution < 1.29 is 14.2 Å². The maximum absolute atomic E-state index is 5.89. The standard InChI is InChI=1S/C14H20O3/c1-4-8-14(16-9-10-17-14)13-11(2)6-5-7-12(13)15-3/h5-7H,4,8-10H2,1-3H3. The van der Waals surface area contributed by atoms with Crippen LogP contribution in [-0.4, -0.2) is 20.3 Å². The van der Waals surface area contributed by atoms with Gasteiger partial charge < -0.3 is 14.2 Å². The van der Waals surface area contributed by atoms with Crippen LogP contribution in [0.5, 0.6) is 5.75 Å². The Morgan fingerprint density at radius 1 is 1.29 bits per heavy atom. The van der Waals surface area contributed by atoms with Crippen molar-refractivity contribution in [2.24, 2.45) is 0 Å². The molecule has 1 aliphatic heterocycles. The lowest BCUT2D eigenvalue weighted by Crippen LogP contribution is -2.28. The van der Waals surface area contributed by atoms with E-state index in [9.17, 15) is 0 Å². The lowest BCUT2D eigenvalue weighted by atomic mass is 9.95. The third-order valence-corrected chi connectivity index (χ3v) is 3.17. The molecule has 3 heteroatoms.